The molecule has 0 aliphatic carbocycles. The molecule has 0 amide bonds. The summed E-state index contributed by atoms with van der Waals surface area (Å²) in [4.78, 5) is 4.33. The van der Waals surface area contributed by atoms with E-state index in [0.717, 1.165) is 36.2 Å². The Morgan fingerprint density at radius 3 is 2.03 bits per heavy atom. The molecule has 0 N–H and O–H groups in total. The molecule has 2 rings (SSSR count). The van der Waals surface area contributed by atoms with Crippen LogP contribution in [0, 0.1) is 13.8 Å². The lowest BCUT2D eigenvalue weighted by Gasteiger charge is -2.21. The summed E-state index contributed by atoms with van der Waals surface area (Å²) in [6.45, 7) is 10.4. The van der Waals surface area contributed by atoms with Gasteiger partial charge >= 0.3 is 6.18 Å². The summed E-state index contributed by atoms with van der Waals surface area (Å²) >= 11 is 0. The van der Waals surface area contributed by atoms with E-state index in [-0.39, 0.29) is 17.8 Å². The molecule has 2 aromatic carbocycles. The maximum atomic E-state index is 13.1. The minimum absolute atomic E-state index is 0.0461. The van der Waals surface area contributed by atoms with Crippen LogP contribution >= 0.6 is 0 Å². The van der Waals surface area contributed by atoms with Crippen molar-refractivity contribution in [2.24, 2.45) is 5.16 Å². The number of alkyl halides is 3. The number of ether oxygens (including phenoxy) is 3. The van der Waals surface area contributed by atoms with Gasteiger partial charge in [-0.05, 0) is 95.0 Å². The Balaban J connectivity index is 1.90. The highest BCUT2D eigenvalue weighted by atomic mass is 19.4. The van der Waals surface area contributed by atoms with E-state index in [0.29, 0.717) is 18.8 Å². The number of rotatable bonds is 12. The van der Waals surface area contributed by atoms with E-state index in [1.165, 1.54) is 24.3 Å². The molecule has 2 aromatic rings. The Hall–Kier alpha value is -3.16. The highest BCUT2D eigenvalue weighted by Gasteiger charge is 2.37. The molecular formula is C27H34F3NO4. The van der Waals surface area contributed by atoms with E-state index >= 15 is 0 Å². The lowest BCUT2D eigenvalue weighted by Crippen LogP contribution is -2.24. The number of aryl methyl sites for hydroxylation is 2. The lowest BCUT2D eigenvalue weighted by atomic mass is 10.1. The second kappa shape index (κ2) is 13.1. The number of allylic oxidation sites excluding steroid dienone is 1. The molecule has 0 spiro atoms. The van der Waals surface area contributed by atoms with Crippen LogP contribution in [0.3, 0.4) is 0 Å². The predicted molar refractivity (Wildman–Crippen MR) is 132 cm³/mol. The highest BCUT2D eigenvalue weighted by Crippen LogP contribution is 2.30. The summed E-state index contributed by atoms with van der Waals surface area (Å²) in [5.41, 5.74) is 0.831. The van der Waals surface area contributed by atoms with Crippen LogP contribution in [0.15, 0.2) is 53.7 Å². The van der Waals surface area contributed by atoms with Crippen molar-refractivity contribution in [3.05, 3.63) is 65.2 Å². The van der Waals surface area contributed by atoms with E-state index in [2.05, 4.69) is 9.99 Å². The summed E-state index contributed by atoms with van der Waals surface area (Å²) in [6.07, 6.45) is 0.546. The van der Waals surface area contributed by atoms with Crippen molar-refractivity contribution >= 4 is 5.71 Å². The Bertz CT molecular complexity index is 977. The standard InChI is InChI=1S/C27H34F3NO4/c1-7-8-15-33-24-16-18(2)25(19(3)17-24)35-21(5)10-9-20(4)34-23-13-11-22(12-14-23)26(31-32-6)27(28,29)30/h7-8,11-14,16-17,20-21H,9-10,15H2,1-6H3/b8-7+,31-26?. The van der Waals surface area contributed by atoms with Crippen LogP contribution in [-0.4, -0.2) is 37.8 Å². The minimum atomic E-state index is -4.61. The molecule has 0 fully saturated rings. The molecule has 0 radical (unpaired) electrons. The van der Waals surface area contributed by atoms with Crippen LogP contribution in [0.5, 0.6) is 17.2 Å². The van der Waals surface area contributed by atoms with E-state index < -0.39 is 11.9 Å². The third kappa shape index (κ3) is 8.85. The first-order valence-electron chi connectivity index (χ1n) is 11.5. The summed E-state index contributed by atoms with van der Waals surface area (Å²) in [5, 5.41) is 3.10. The van der Waals surface area contributed by atoms with Crippen molar-refractivity contribution in [2.45, 2.75) is 65.8 Å². The average molecular weight is 494 g/mol. The first-order valence-corrected chi connectivity index (χ1v) is 11.5. The highest BCUT2D eigenvalue weighted by molar-refractivity contribution is 6.04. The third-order valence-electron chi connectivity index (χ3n) is 5.23. The first-order chi connectivity index (χ1) is 16.5. The zero-order chi connectivity index (χ0) is 26.0. The fourth-order valence-electron chi connectivity index (χ4n) is 3.49. The molecule has 192 valence electrons. The largest absolute Gasteiger partial charge is 0.491 e. The van der Waals surface area contributed by atoms with E-state index in [4.69, 9.17) is 14.2 Å². The molecule has 0 aromatic heterocycles. The van der Waals surface area contributed by atoms with Gasteiger partial charge in [-0.1, -0.05) is 17.3 Å². The zero-order valence-electron chi connectivity index (χ0n) is 21.1. The van der Waals surface area contributed by atoms with Crippen LogP contribution in [0.25, 0.3) is 0 Å². The fourth-order valence-corrected chi connectivity index (χ4v) is 3.49. The average Bonchev–Trinajstić information content (AvgIpc) is 2.79. The lowest BCUT2D eigenvalue weighted by molar-refractivity contribution is -0.0608. The number of benzene rings is 2. The molecule has 8 heteroatoms. The molecule has 35 heavy (non-hydrogen) atoms. The second-order valence-electron chi connectivity index (χ2n) is 8.35. The van der Waals surface area contributed by atoms with Gasteiger partial charge in [-0.2, -0.15) is 13.2 Å². The van der Waals surface area contributed by atoms with Crippen LogP contribution in [0.2, 0.25) is 0 Å². The van der Waals surface area contributed by atoms with Crippen molar-refractivity contribution in [3.63, 3.8) is 0 Å². The van der Waals surface area contributed by atoms with Gasteiger partial charge in [0.15, 0.2) is 5.71 Å². The summed E-state index contributed by atoms with van der Waals surface area (Å²) in [7, 11) is 1.08. The van der Waals surface area contributed by atoms with Gasteiger partial charge < -0.3 is 19.0 Å². The summed E-state index contributed by atoms with van der Waals surface area (Å²) < 4.78 is 57.1. The van der Waals surface area contributed by atoms with Gasteiger partial charge in [0.1, 0.15) is 31.0 Å². The number of halogens is 3. The predicted octanol–water partition coefficient (Wildman–Crippen LogP) is 7.19. The van der Waals surface area contributed by atoms with Gasteiger partial charge in [0.05, 0.1) is 12.2 Å². The SMILES string of the molecule is C/C=C/COc1cc(C)c(OC(C)CCC(C)Oc2ccc(C(=NOC)C(F)(F)F)cc2)c(C)c1. The van der Waals surface area contributed by atoms with Crippen LogP contribution in [0.4, 0.5) is 13.2 Å². The van der Waals surface area contributed by atoms with Crippen LogP contribution in [-0.2, 0) is 4.84 Å². The number of hydrogen-bond donors (Lipinski definition) is 0. The van der Waals surface area contributed by atoms with Gasteiger partial charge in [-0.25, -0.2) is 0 Å². The van der Waals surface area contributed by atoms with E-state index in [9.17, 15) is 13.2 Å². The second-order valence-corrected chi connectivity index (χ2v) is 8.35. The third-order valence-corrected chi connectivity index (χ3v) is 5.23. The monoisotopic (exact) mass is 493 g/mol. The maximum Gasteiger partial charge on any atom is 0.437 e. The molecule has 0 bridgehead atoms. The zero-order valence-corrected chi connectivity index (χ0v) is 21.1. The minimum Gasteiger partial charge on any atom is -0.491 e. The quantitative estimate of drug-likeness (QED) is 0.178. The van der Waals surface area contributed by atoms with Crippen molar-refractivity contribution in [1.82, 2.24) is 0 Å². The van der Waals surface area contributed by atoms with Crippen molar-refractivity contribution in [2.75, 3.05) is 13.7 Å². The molecule has 2 atom stereocenters. The van der Waals surface area contributed by atoms with Crippen LogP contribution in [0.1, 0.15) is 50.3 Å². The molecule has 5 nitrogen and oxygen atoms in total. The molecule has 0 saturated carbocycles. The Morgan fingerprint density at radius 1 is 0.943 bits per heavy atom. The maximum absolute atomic E-state index is 13.1. The van der Waals surface area contributed by atoms with Crippen LogP contribution < -0.4 is 14.2 Å². The smallest absolute Gasteiger partial charge is 0.437 e. The number of hydrogen-bond acceptors (Lipinski definition) is 5. The Labute approximate surface area is 205 Å². The Kier molecular flexibility index (Phi) is 10.5. The van der Waals surface area contributed by atoms with Gasteiger partial charge in [0, 0.05) is 5.56 Å². The van der Waals surface area contributed by atoms with Gasteiger partial charge in [0.25, 0.3) is 0 Å². The fraction of sp³-hybridized carbons (Fsp3) is 0.444. The number of oxime groups is 1. The van der Waals surface area contributed by atoms with Gasteiger partial charge in [-0.15, -0.1) is 0 Å². The molecule has 0 aliphatic heterocycles. The van der Waals surface area contributed by atoms with Crippen molar-refractivity contribution < 1.29 is 32.2 Å². The summed E-state index contributed by atoms with van der Waals surface area (Å²) in [5.74, 6) is 2.13. The number of nitrogens with zero attached hydrogens (tertiary/aromatic N) is 1. The molecule has 0 aliphatic rings. The topological polar surface area (TPSA) is 49.3 Å². The molecule has 0 saturated heterocycles. The normalized spacial score (nSPS) is 14.0. The van der Waals surface area contributed by atoms with Crippen molar-refractivity contribution in [1.29, 1.82) is 0 Å². The summed E-state index contributed by atoms with van der Waals surface area (Å²) in [6, 6.07) is 9.56. The first kappa shape index (κ1) is 28.1. The van der Waals surface area contributed by atoms with E-state index in [1.54, 1.807) is 0 Å². The van der Waals surface area contributed by atoms with E-state index in [1.807, 2.05) is 58.9 Å². The van der Waals surface area contributed by atoms with Crippen molar-refractivity contribution in [3.8, 4) is 17.2 Å². The molecule has 2 unspecified atom stereocenters. The van der Waals surface area contributed by atoms with Gasteiger partial charge in [-0.3, -0.25) is 0 Å². The molecule has 0 heterocycles. The van der Waals surface area contributed by atoms with Gasteiger partial charge in [0.2, 0.25) is 0 Å². The Morgan fingerprint density at radius 2 is 1.51 bits per heavy atom. The molecular weight excluding hydrogens is 459 g/mol.